The van der Waals surface area contributed by atoms with Gasteiger partial charge in [0, 0.05) is 6.42 Å². The molecule has 0 heterocycles. The van der Waals surface area contributed by atoms with Crippen LogP contribution in [0, 0.1) is 0 Å². The van der Waals surface area contributed by atoms with Gasteiger partial charge in [-0.1, -0.05) is 6.92 Å². The molecule has 0 unspecified atom stereocenters. The zero-order valence-electron chi connectivity index (χ0n) is 5.87. The summed E-state index contributed by atoms with van der Waals surface area (Å²) in [7, 11) is 0. The Morgan fingerprint density at radius 2 is 1.90 bits per heavy atom. The molecule has 0 saturated carbocycles. The van der Waals surface area contributed by atoms with Gasteiger partial charge in [0.15, 0.2) is 0 Å². The van der Waals surface area contributed by atoms with E-state index in [1.165, 1.54) is 0 Å². The van der Waals surface area contributed by atoms with Crippen LogP contribution < -0.4 is 0 Å². The van der Waals surface area contributed by atoms with Crippen molar-refractivity contribution in [2.75, 3.05) is 0 Å². The third kappa shape index (κ3) is 5.68. The zero-order chi connectivity index (χ0) is 8.20. The molecule has 0 radical (unpaired) electrons. The first kappa shape index (κ1) is 9.55. The van der Waals surface area contributed by atoms with Crippen LogP contribution in [-0.4, -0.2) is 27.1 Å². The van der Waals surface area contributed by atoms with Crippen molar-refractivity contribution in [1.29, 1.82) is 0 Å². The van der Waals surface area contributed by atoms with Gasteiger partial charge in [0.1, 0.15) is 5.78 Å². The Balaban J connectivity index is 3.58. The molecule has 0 aliphatic rings. The second kappa shape index (κ2) is 3.65. The Kier molecular flexibility index (Phi) is 3.49. The van der Waals surface area contributed by atoms with E-state index < -0.39 is 12.4 Å². The van der Waals surface area contributed by atoms with Crippen molar-refractivity contribution in [3.63, 3.8) is 0 Å². The van der Waals surface area contributed by atoms with Crippen LogP contribution in [0.1, 0.15) is 26.2 Å². The Morgan fingerprint density at radius 3 is 2.20 bits per heavy atom. The lowest BCUT2D eigenvalue weighted by Gasteiger charge is -2.11. The fourth-order valence-corrected chi connectivity index (χ4v) is 0.632. The van der Waals surface area contributed by atoms with E-state index >= 15 is 0 Å². The molecule has 0 amide bonds. The third-order valence-corrected chi connectivity index (χ3v) is 0.963. The van der Waals surface area contributed by atoms with E-state index in [9.17, 15) is 4.79 Å². The molecule has 0 bridgehead atoms. The van der Waals surface area contributed by atoms with Gasteiger partial charge < -0.3 is 15.3 Å². The fourth-order valence-electron chi connectivity index (χ4n) is 0.632. The van der Waals surface area contributed by atoms with E-state index in [0.717, 1.165) is 0 Å². The van der Waals surface area contributed by atoms with Crippen molar-refractivity contribution >= 4 is 5.78 Å². The van der Waals surface area contributed by atoms with E-state index in [1.807, 2.05) is 0 Å². The Hall–Kier alpha value is -0.450. The average molecular weight is 148 g/mol. The molecule has 4 heteroatoms. The molecule has 0 fully saturated rings. The van der Waals surface area contributed by atoms with Crippen molar-refractivity contribution < 1.29 is 20.1 Å². The highest BCUT2D eigenvalue weighted by atomic mass is 16.7. The number of aliphatic hydroxyl groups is 3. The SMILES string of the molecule is CCCC(=O)CC(O)(O)O. The summed E-state index contributed by atoms with van der Waals surface area (Å²) < 4.78 is 0. The maximum absolute atomic E-state index is 10.6. The number of hydrogen-bond acceptors (Lipinski definition) is 4. The number of ketones is 1. The van der Waals surface area contributed by atoms with E-state index in [0.29, 0.717) is 6.42 Å². The first-order valence-corrected chi connectivity index (χ1v) is 3.14. The van der Waals surface area contributed by atoms with Gasteiger partial charge in [-0.2, -0.15) is 0 Å². The standard InChI is InChI=1S/C6H12O4/c1-2-3-5(7)4-6(8,9)10/h8-10H,2-4H2,1H3. The molecule has 3 N–H and O–H groups in total. The van der Waals surface area contributed by atoms with Crippen LogP contribution in [0.15, 0.2) is 0 Å². The van der Waals surface area contributed by atoms with Gasteiger partial charge in [0.25, 0.3) is 5.97 Å². The smallest absolute Gasteiger partial charge is 0.282 e. The monoisotopic (exact) mass is 148 g/mol. The summed E-state index contributed by atoms with van der Waals surface area (Å²) in [6, 6.07) is 0. The second-order valence-electron chi connectivity index (χ2n) is 2.24. The number of carbonyl (C=O) groups excluding carboxylic acids is 1. The third-order valence-electron chi connectivity index (χ3n) is 0.963. The highest BCUT2D eigenvalue weighted by molar-refractivity contribution is 5.78. The summed E-state index contributed by atoms with van der Waals surface area (Å²) in [4.78, 5) is 10.6. The quantitative estimate of drug-likeness (QED) is 0.464. The molecule has 0 rings (SSSR count). The highest BCUT2D eigenvalue weighted by Crippen LogP contribution is 2.04. The minimum absolute atomic E-state index is 0.267. The lowest BCUT2D eigenvalue weighted by molar-refractivity contribution is -0.309. The first-order valence-electron chi connectivity index (χ1n) is 3.14. The molecule has 0 saturated heterocycles. The molecule has 0 spiro atoms. The van der Waals surface area contributed by atoms with E-state index in [2.05, 4.69) is 0 Å². The summed E-state index contributed by atoms with van der Waals surface area (Å²) in [5, 5.41) is 24.9. The molecule has 0 aliphatic carbocycles. The van der Waals surface area contributed by atoms with E-state index in [-0.39, 0.29) is 12.2 Å². The normalized spacial score (nSPS) is 11.6. The van der Waals surface area contributed by atoms with Crippen LogP contribution in [0.5, 0.6) is 0 Å². The van der Waals surface area contributed by atoms with Crippen LogP contribution in [0.2, 0.25) is 0 Å². The average Bonchev–Trinajstić information content (AvgIpc) is 1.59. The van der Waals surface area contributed by atoms with Crippen LogP contribution in [0.3, 0.4) is 0 Å². The van der Waals surface area contributed by atoms with E-state index in [4.69, 9.17) is 15.3 Å². The number of Topliss-reactive ketones (excluding diaryl/α,β-unsaturated/α-hetero) is 1. The molecule has 4 nitrogen and oxygen atoms in total. The Labute approximate surface area is 59.1 Å². The highest BCUT2D eigenvalue weighted by Gasteiger charge is 2.21. The van der Waals surface area contributed by atoms with Gasteiger partial charge in [-0.05, 0) is 6.42 Å². The zero-order valence-corrected chi connectivity index (χ0v) is 5.87. The molecule has 0 aromatic heterocycles. The van der Waals surface area contributed by atoms with Crippen molar-refractivity contribution in [2.45, 2.75) is 32.2 Å². The van der Waals surface area contributed by atoms with E-state index in [1.54, 1.807) is 6.92 Å². The Bertz CT molecular complexity index is 113. The maximum Gasteiger partial charge on any atom is 0.282 e. The van der Waals surface area contributed by atoms with Crippen LogP contribution >= 0.6 is 0 Å². The number of carbonyl (C=O) groups is 1. The van der Waals surface area contributed by atoms with Crippen LogP contribution in [0.25, 0.3) is 0 Å². The molecule has 10 heavy (non-hydrogen) atoms. The predicted molar refractivity (Wildman–Crippen MR) is 33.9 cm³/mol. The fraction of sp³-hybridized carbons (Fsp3) is 0.833. The van der Waals surface area contributed by atoms with Gasteiger partial charge in [0.05, 0.1) is 6.42 Å². The van der Waals surface area contributed by atoms with Gasteiger partial charge >= 0.3 is 0 Å². The lowest BCUT2D eigenvalue weighted by atomic mass is 10.1. The first-order chi connectivity index (χ1) is 4.45. The van der Waals surface area contributed by atoms with Crippen molar-refractivity contribution in [1.82, 2.24) is 0 Å². The Morgan fingerprint density at radius 1 is 1.40 bits per heavy atom. The van der Waals surface area contributed by atoms with Gasteiger partial charge in [-0.15, -0.1) is 0 Å². The second-order valence-corrected chi connectivity index (χ2v) is 2.24. The summed E-state index contributed by atoms with van der Waals surface area (Å²) in [6.07, 6.45) is 0.305. The molecule has 60 valence electrons. The summed E-state index contributed by atoms with van der Waals surface area (Å²) in [5.74, 6) is -3.18. The predicted octanol–water partition coefficient (Wildman–Crippen LogP) is -0.624. The van der Waals surface area contributed by atoms with Crippen LogP contribution in [-0.2, 0) is 4.79 Å². The molecular formula is C6H12O4. The van der Waals surface area contributed by atoms with Crippen molar-refractivity contribution in [3.8, 4) is 0 Å². The minimum Gasteiger partial charge on any atom is -0.343 e. The van der Waals surface area contributed by atoms with Gasteiger partial charge in [-0.25, -0.2) is 0 Å². The number of rotatable bonds is 4. The minimum atomic E-state index is -2.83. The largest absolute Gasteiger partial charge is 0.343 e. The molecule has 0 aromatic carbocycles. The molecule has 0 atom stereocenters. The molecular weight excluding hydrogens is 136 g/mol. The molecule has 0 aliphatic heterocycles. The van der Waals surface area contributed by atoms with Crippen LogP contribution in [0.4, 0.5) is 0 Å². The summed E-state index contributed by atoms with van der Waals surface area (Å²) >= 11 is 0. The maximum atomic E-state index is 10.6. The summed E-state index contributed by atoms with van der Waals surface area (Å²) in [6.45, 7) is 1.80. The van der Waals surface area contributed by atoms with Gasteiger partial charge in [-0.3, -0.25) is 4.79 Å². The van der Waals surface area contributed by atoms with Gasteiger partial charge in [0.2, 0.25) is 0 Å². The topological polar surface area (TPSA) is 77.8 Å². The van der Waals surface area contributed by atoms with Crippen molar-refractivity contribution in [3.05, 3.63) is 0 Å². The lowest BCUT2D eigenvalue weighted by Crippen LogP contribution is -2.30. The molecule has 0 aromatic rings. The van der Waals surface area contributed by atoms with Crippen molar-refractivity contribution in [2.24, 2.45) is 0 Å². The summed E-state index contributed by atoms with van der Waals surface area (Å²) in [5.41, 5.74) is 0. The number of hydrogen-bond donors (Lipinski definition) is 3.